The Hall–Kier alpha value is -1.76. The van der Waals surface area contributed by atoms with Crippen molar-refractivity contribution in [3.05, 3.63) is 29.3 Å². The summed E-state index contributed by atoms with van der Waals surface area (Å²) in [6.45, 7) is -0.0804. The van der Waals surface area contributed by atoms with E-state index in [1.54, 1.807) is 0 Å². The molecule has 1 saturated carbocycles. The number of halogens is 3. The molecule has 1 aromatic rings. The van der Waals surface area contributed by atoms with Crippen LogP contribution in [-0.2, 0) is 12.7 Å². The second-order valence-corrected chi connectivity index (χ2v) is 4.80. The van der Waals surface area contributed by atoms with Gasteiger partial charge in [-0.2, -0.15) is 13.2 Å². The topological polar surface area (TPSA) is 67.1 Å². The molecule has 1 aromatic carbocycles. The number of nitrogens with two attached hydrogens (primary N) is 1. The Labute approximate surface area is 114 Å². The van der Waals surface area contributed by atoms with Gasteiger partial charge in [0.25, 0.3) is 0 Å². The van der Waals surface area contributed by atoms with Crippen molar-refractivity contribution in [3.63, 3.8) is 0 Å². The number of carbonyl (C=O) groups is 1. The van der Waals surface area contributed by atoms with Crippen LogP contribution in [0, 0.1) is 0 Å². The van der Waals surface area contributed by atoms with Crippen molar-refractivity contribution in [1.29, 1.82) is 0 Å². The number of hydrogen-bond acceptors (Lipinski definition) is 2. The molecule has 0 atom stereocenters. The molecule has 0 radical (unpaired) electrons. The van der Waals surface area contributed by atoms with E-state index in [4.69, 9.17) is 5.73 Å². The highest BCUT2D eigenvalue weighted by molar-refractivity contribution is 5.90. The van der Waals surface area contributed by atoms with Crippen LogP contribution in [0.1, 0.15) is 30.4 Å². The van der Waals surface area contributed by atoms with E-state index in [1.165, 1.54) is 6.07 Å². The molecule has 1 aliphatic carbocycles. The number of nitrogens with one attached hydrogen (secondary N) is 2. The third-order valence-corrected chi connectivity index (χ3v) is 3.34. The molecule has 0 saturated heterocycles. The van der Waals surface area contributed by atoms with Crippen LogP contribution in [0.3, 0.4) is 0 Å². The van der Waals surface area contributed by atoms with Gasteiger partial charge in [0.15, 0.2) is 0 Å². The Bertz CT molecular complexity index is 498. The normalized spacial score (nSPS) is 15.6. The maximum absolute atomic E-state index is 12.6. The van der Waals surface area contributed by atoms with Crippen LogP contribution in [0.4, 0.5) is 23.7 Å². The lowest BCUT2D eigenvalue weighted by atomic mass is 9.93. The summed E-state index contributed by atoms with van der Waals surface area (Å²) in [6, 6.07) is 2.86. The standard InChI is InChI=1S/C13H16F3N3O/c14-13(15,16)9-4-5-11(8(6-9)7-17)19-12(20)18-10-2-1-3-10/h4-6,10H,1-3,7,17H2,(H2,18,19,20). The number of amides is 2. The molecule has 4 nitrogen and oxygen atoms in total. The van der Waals surface area contributed by atoms with Crippen LogP contribution in [0.2, 0.25) is 0 Å². The third-order valence-electron chi connectivity index (χ3n) is 3.34. The van der Waals surface area contributed by atoms with Gasteiger partial charge in [-0.05, 0) is 43.0 Å². The van der Waals surface area contributed by atoms with Crippen LogP contribution < -0.4 is 16.4 Å². The van der Waals surface area contributed by atoms with E-state index in [0.717, 1.165) is 31.4 Å². The number of anilines is 1. The lowest BCUT2D eigenvalue weighted by molar-refractivity contribution is -0.137. The Kier molecular flexibility index (Phi) is 4.17. The summed E-state index contributed by atoms with van der Waals surface area (Å²) in [5.74, 6) is 0. The monoisotopic (exact) mass is 287 g/mol. The average molecular weight is 287 g/mol. The number of alkyl halides is 3. The molecule has 2 amide bonds. The van der Waals surface area contributed by atoms with E-state index in [-0.39, 0.29) is 18.2 Å². The first-order chi connectivity index (χ1) is 9.40. The summed E-state index contributed by atoms with van der Waals surface area (Å²) in [6.07, 6.45) is -1.47. The Morgan fingerprint density at radius 1 is 1.35 bits per heavy atom. The van der Waals surface area contributed by atoms with Crippen molar-refractivity contribution in [3.8, 4) is 0 Å². The van der Waals surface area contributed by atoms with Gasteiger partial charge in [0.1, 0.15) is 0 Å². The van der Waals surface area contributed by atoms with Crippen LogP contribution in [-0.4, -0.2) is 12.1 Å². The molecule has 20 heavy (non-hydrogen) atoms. The number of hydrogen-bond donors (Lipinski definition) is 3. The molecule has 0 aliphatic heterocycles. The Morgan fingerprint density at radius 2 is 2.05 bits per heavy atom. The van der Waals surface area contributed by atoms with Gasteiger partial charge in [-0.15, -0.1) is 0 Å². The van der Waals surface area contributed by atoms with Gasteiger partial charge in [-0.3, -0.25) is 0 Å². The fourth-order valence-electron chi connectivity index (χ4n) is 1.96. The molecule has 0 spiro atoms. The van der Waals surface area contributed by atoms with Crippen molar-refractivity contribution in [2.24, 2.45) is 5.73 Å². The lowest BCUT2D eigenvalue weighted by Crippen LogP contribution is -2.42. The minimum atomic E-state index is -4.42. The first kappa shape index (κ1) is 14.6. The van der Waals surface area contributed by atoms with Crippen molar-refractivity contribution in [1.82, 2.24) is 5.32 Å². The number of urea groups is 1. The zero-order valence-corrected chi connectivity index (χ0v) is 10.8. The quantitative estimate of drug-likeness (QED) is 0.800. The fraction of sp³-hybridized carbons (Fsp3) is 0.462. The molecule has 110 valence electrons. The van der Waals surface area contributed by atoms with Crippen molar-refractivity contribution in [2.45, 2.75) is 38.0 Å². The molecule has 0 aromatic heterocycles. The molecule has 4 N–H and O–H groups in total. The predicted octanol–water partition coefficient (Wildman–Crippen LogP) is 2.84. The number of benzene rings is 1. The molecule has 0 bridgehead atoms. The third kappa shape index (κ3) is 3.41. The van der Waals surface area contributed by atoms with Crippen molar-refractivity contribution >= 4 is 11.7 Å². The number of carbonyl (C=O) groups excluding carboxylic acids is 1. The molecule has 0 heterocycles. The minimum Gasteiger partial charge on any atom is -0.335 e. The second kappa shape index (κ2) is 5.70. The van der Waals surface area contributed by atoms with Crippen LogP contribution in [0.15, 0.2) is 18.2 Å². The highest BCUT2D eigenvalue weighted by Gasteiger charge is 2.31. The van der Waals surface area contributed by atoms with Crippen molar-refractivity contribution in [2.75, 3.05) is 5.32 Å². The Morgan fingerprint density at radius 3 is 2.55 bits per heavy atom. The molecule has 7 heteroatoms. The van der Waals surface area contributed by atoms with Crippen molar-refractivity contribution < 1.29 is 18.0 Å². The van der Waals surface area contributed by atoms with Gasteiger partial charge in [-0.1, -0.05) is 0 Å². The van der Waals surface area contributed by atoms with Gasteiger partial charge in [0, 0.05) is 18.3 Å². The van der Waals surface area contributed by atoms with E-state index in [2.05, 4.69) is 10.6 Å². The minimum absolute atomic E-state index is 0.0804. The Balaban J connectivity index is 2.08. The first-order valence-electron chi connectivity index (χ1n) is 6.38. The van der Waals surface area contributed by atoms with Gasteiger partial charge in [0.05, 0.1) is 5.56 Å². The van der Waals surface area contributed by atoms with E-state index < -0.39 is 17.8 Å². The SMILES string of the molecule is NCc1cc(C(F)(F)F)ccc1NC(=O)NC1CCC1. The average Bonchev–Trinajstić information content (AvgIpc) is 2.33. The molecule has 1 aliphatic rings. The predicted molar refractivity (Wildman–Crippen MR) is 69.1 cm³/mol. The number of rotatable bonds is 3. The second-order valence-electron chi connectivity index (χ2n) is 4.80. The van der Waals surface area contributed by atoms with Gasteiger partial charge < -0.3 is 16.4 Å². The summed E-state index contributed by atoms with van der Waals surface area (Å²) in [4.78, 5) is 11.7. The summed E-state index contributed by atoms with van der Waals surface area (Å²) in [7, 11) is 0. The maximum atomic E-state index is 12.6. The van der Waals surface area contributed by atoms with Gasteiger partial charge >= 0.3 is 12.2 Å². The maximum Gasteiger partial charge on any atom is 0.416 e. The summed E-state index contributed by atoms with van der Waals surface area (Å²) in [5, 5.41) is 5.29. The highest BCUT2D eigenvalue weighted by atomic mass is 19.4. The molecular weight excluding hydrogens is 271 g/mol. The molecular formula is C13H16F3N3O. The van der Waals surface area contributed by atoms with E-state index in [1.807, 2.05) is 0 Å². The lowest BCUT2D eigenvalue weighted by Gasteiger charge is -2.26. The highest BCUT2D eigenvalue weighted by Crippen LogP contribution is 2.31. The van der Waals surface area contributed by atoms with Crippen LogP contribution in [0.25, 0.3) is 0 Å². The first-order valence-corrected chi connectivity index (χ1v) is 6.38. The van der Waals surface area contributed by atoms with Crippen LogP contribution in [0.5, 0.6) is 0 Å². The summed E-state index contributed by atoms with van der Waals surface area (Å²) in [5.41, 5.74) is 5.22. The molecule has 0 unspecified atom stereocenters. The fourth-order valence-corrected chi connectivity index (χ4v) is 1.96. The van der Waals surface area contributed by atoms with E-state index >= 15 is 0 Å². The van der Waals surface area contributed by atoms with Crippen LogP contribution >= 0.6 is 0 Å². The zero-order valence-electron chi connectivity index (χ0n) is 10.8. The smallest absolute Gasteiger partial charge is 0.335 e. The largest absolute Gasteiger partial charge is 0.416 e. The zero-order chi connectivity index (χ0) is 14.8. The molecule has 2 rings (SSSR count). The molecule has 1 fully saturated rings. The summed E-state index contributed by atoms with van der Waals surface area (Å²) < 4.78 is 37.8. The van der Waals surface area contributed by atoms with Gasteiger partial charge in [0.2, 0.25) is 0 Å². The summed E-state index contributed by atoms with van der Waals surface area (Å²) >= 11 is 0. The van der Waals surface area contributed by atoms with E-state index in [9.17, 15) is 18.0 Å². The van der Waals surface area contributed by atoms with E-state index in [0.29, 0.717) is 5.69 Å². The van der Waals surface area contributed by atoms with Gasteiger partial charge in [-0.25, -0.2) is 4.79 Å².